The molecule has 2 N–H and O–H groups in total. The number of aromatic nitrogens is 2. The summed E-state index contributed by atoms with van der Waals surface area (Å²) < 4.78 is 0. The van der Waals surface area contributed by atoms with E-state index in [1.165, 1.54) is 0 Å². The average molecular weight is 243 g/mol. The molecule has 0 spiro atoms. The zero-order chi connectivity index (χ0) is 13.0. The number of hydrogen-bond acceptors (Lipinski definition) is 2. The number of aryl methyl sites for hydroxylation is 2. The molecule has 0 fully saturated rings. The lowest BCUT2D eigenvalue weighted by molar-refractivity contribution is 0.0954. The van der Waals surface area contributed by atoms with Gasteiger partial charge in [0.25, 0.3) is 5.91 Å². The van der Waals surface area contributed by atoms with Crippen molar-refractivity contribution in [1.82, 2.24) is 15.3 Å². The molecule has 0 unspecified atom stereocenters. The van der Waals surface area contributed by atoms with Gasteiger partial charge in [-0.2, -0.15) is 0 Å². The van der Waals surface area contributed by atoms with Crippen molar-refractivity contribution in [2.75, 3.05) is 6.54 Å². The summed E-state index contributed by atoms with van der Waals surface area (Å²) in [6.45, 7) is 4.52. The van der Waals surface area contributed by atoms with Gasteiger partial charge in [0.05, 0.1) is 0 Å². The first-order valence-corrected chi connectivity index (χ1v) is 6.00. The van der Waals surface area contributed by atoms with Crippen LogP contribution >= 0.6 is 0 Å². The van der Waals surface area contributed by atoms with Gasteiger partial charge in [-0.05, 0) is 26.0 Å². The number of aromatic amines is 1. The van der Waals surface area contributed by atoms with Gasteiger partial charge in [-0.15, -0.1) is 0 Å². The minimum absolute atomic E-state index is 0.0359. The Bertz CT molecular complexity index is 528. The maximum atomic E-state index is 11.8. The van der Waals surface area contributed by atoms with Crippen molar-refractivity contribution in [2.45, 2.75) is 20.3 Å². The fourth-order valence-electron chi connectivity index (χ4n) is 1.72. The zero-order valence-electron chi connectivity index (χ0n) is 10.7. The van der Waals surface area contributed by atoms with Crippen LogP contribution in [0, 0.1) is 13.8 Å². The third-order valence-corrected chi connectivity index (χ3v) is 2.75. The Labute approximate surface area is 106 Å². The zero-order valence-corrected chi connectivity index (χ0v) is 10.7. The molecule has 4 heteroatoms. The normalized spacial score (nSPS) is 10.3. The number of amides is 1. The predicted molar refractivity (Wildman–Crippen MR) is 70.5 cm³/mol. The Kier molecular flexibility index (Phi) is 3.77. The maximum absolute atomic E-state index is 11.8. The third-order valence-electron chi connectivity index (χ3n) is 2.75. The summed E-state index contributed by atoms with van der Waals surface area (Å²) in [5.41, 5.74) is 2.89. The monoisotopic (exact) mass is 243 g/mol. The molecule has 0 aliphatic rings. The maximum Gasteiger partial charge on any atom is 0.251 e. The van der Waals surface area contributed by atoms with Gasteiger partial charge in [0.1, 0.15) is 5.82 Å². The molecule has 0 aliphatic carbocycles. The van der Waals surface area contributed by atoms with Gasteiger partial charge in [-0.1, -0.05) is 17.7 Å². The van der Waals surface area contributed by atoms with Crippen LogP contribution in [0.2, 0.25) is 0 Å². The van der Waals surface area contributed by atoms with Crippen molar-refractivity contribution in [2.24, 2.45) is 0 Å². The van der Waals surface area contributed by atoms with Gasteiger partial charge in [-0.25, -0.2) is 4.98 Å². The van der Waals surface area contributed by atoms with Crippen LogP contribution in [0.4, 0.5) is 0 Å². The summed E-state index contributed by atoms with van der Waals surface area (Å²) in [6, 6.07) is 7.55. The highest BCUT2D eigenvalue weighted by atomic mass is 16.1. The van der Waals surface area contributed by atoms with Gasteiger partial charge in [0.2, 0.25) is 0 Å². The molecule has 1 amide bonds. The topological polar surface area (TPSA) is 57.8 Å². The highest BCUT2D eigenvalue weighted by Crippen LogP contribution is 2.03. The van der Waals surface area contributed by atoms with E-state index in [0.717, 1.165) is 23.5 Å². The first kappa shape index (κ1) is 12.4. The average Bonchev–Trinajstić information content (AvgIpc) is 2.76. The number of carbonyl (C=O) groups is 1. The van der Waals surface area contributed by atoms with Crippen molar-refractivity contribution in [3.05, 3.63) is 53.1 Å². The van der Waals surface area contributed by atoms with Crippen molar-refractivity contribution in [1.29, 1.82) is 0 Å². The second-order valence-electron chi connectivity index (χ2n) is 4.37. The summed E-state index contributed by atoms with van der Waals surface area (Å²) in [6.07, 6.45) is 2.56. The Hall–Kier alpha value is -2.10. The molecule has 0 aliphatic heterocycles. The third kappa shape index (κ3) is 3.20. The van der Waals surface area contributed by atoms with E-state index in [1.54, 1.807) is 6.20 Å². The lowest BCUT2D eigenvalue weighted by atomic mass is 10.1. The van der Waals surface area contributed by atoms with Crippen LogP contribution in [0.1, 0.15) is 27.4 Å². The number of benzene rings is 1. The van der Waals surface area contributed by atoms with Gasteiger partial charge in [-0.3, -0.25) is 4.79 Å². The first-order valence-electron chi connectivity index (χ1n) is 6.00. The van der Waals surface area contributed by atoms with Gasteiger partial charge in [0.15, 0.2) is 0 Å². The second-order valence-corrected chi connectivity index (χ2v) is 4.37. The molecule has 1 aromatic heterocycles. The summed E-state index contributed by atoms with van der Waals surface area (Å²) in [5.74, 6) is 0.862. The summed E-state index contributed by atoms with van der Waals surface area (Å²) in [5, 5.41) is 2.89. The molecule has 0 saturated carbocycles. The number of nitrogens with one attached hydrogen (secondary N) is 2. The van der Waals surface area contributed by atoms with Crippen LogP contribution in [-0.4, -0.2) is 22.4 Å². The SMILES string of the molecule is Cc1ccc(C(=O)NCCc2cnc(C)[nH]2)cc1. The lowest BCUT2D eigenvalue weighted by Gasteiger charge is -2.04. The van der Waals surface area contributed by atoms with E-state index in [-0.39, 0.29) is 5.91 Å². The summed E-state index contributed by atoms with van der Waals surface area (Å²) in [4.78, 5) is 19.1. The van der Waals surface area contributed by atoms with Gasteiger partial charge in [0, 0.05) is 30.4 Å². The van der Waals surface area contributed by atoms with E-state index >= 15 is 0 Å². The van der Waals surface area contributed by atoms with Gasteiger partial charge >= 0.3 is 0 Å². The summed E-state index contributed by atoms with van der Waals surface area (Å²) in [7, 11) is 0. The lowest BCUT2D eigenvalue weighted by Crippen LogP contribution is -2.25. The second kappa shape index (κ2) is 5.49. The minimum atomic E-state index is -0.0359. The fraction of sp³-hybridized carbons (Fsp3) is 0.286. The van der Waals surface area contributed by atoms with E-state index in [9.17, 15) is 4.79 Å². The van der Waals surface area contributed by atoms with Crippen molar-refractivity contribution < 1.29 is 4.79 Å². The van der Waals surface area contributed by atoms with E-state index in [2.05, 4.69) is 15.3 Å². The molecular formula is C14H17N3O. The molecule has 0 radical (unpaired) electrons. The van der Waals surface area contributed by atoms with Crippen LogP contribution in [0.5, 0.6) is 0 Å². The Morgan fingerprint density at radius 3 is 2.61 bits per heavy atom. The molecule has 1 heterocycles. The Balaban J connectivity index is 1.83. The molecule has 0 atom stereocenters. The number of H-pyrrole nitrogens is 1. The van der Waals surface area contributed by atoms with Crippen LogP contribution < -0.4 is 5.32 Å². The van der Waals surface area contributed by atoms with E-state index in [4.69, 9.17) is 0 Å². The minimum Gasteiger partial charge on any atom is -0.352 e. The highest BCUT2D eigenvalue weighted by Gasteiger charge is 2.04. The number of nitrogens with zero attached hydrogens (tertiary/aromatic N) is 1. The molecule has 18 heavy (non-hydrogen) atoms. The summed E-state index contributed by atoms with van der Waals surface area (Å²) >= 11 is 0. The molecule has 2 aromatic rings. The van der Waals surface area contributed by atoms with Gasteiger partial charge < -0.3 is 10.3 Å². The van der Waals surface area contributed by atoms with Crippen molar-refractivity contribution in [3.63, 3.8) is 0 Å². The van der Waals surface area contributed by atoms with E-state index in [1.807, 2.05) is 38.1 Å². The van der Waals surface area contributed by atoms with Crippen LogP contribution in [0.25, 0.3) is 0 Å². The predicted octanol–water partition coefficient (Wildman–Crippen LogP) is 2.00. The van der Waals surface area contributed by atoms with E-state index < -0.39 is 0 Å². The highest BCUT2D eigenvalue weighted by molar-refractivity contribution is 5.94. The number of imidazole rings is 1. The fourth-order valence-corrected chi connectivity index (χ4v) is 1.72. The Morgan fingerprint density at radius 2 is 2.00 bits per heavy atom. The molecule has 0 bridgehead atoms. The number of carbonyl (C=O) groups excluding carboxylic acids is 1. The Morgan fingerprint density at radius 1 is 1.28 bits per heavy atom. The molecule has 4 nitrogen and oxygen atoms in total. The molecule has 94 valence electrons. The van der Waals surface area contributed by atoms with Crippen LogP contribution in [0.3, 0.4) is 0 Å². The van der Waals surface area contributed by atoms with Crippen LogP contribution in [0.15, 0.2) is 30.5 Å². The number of rotatable bonds is 4. The molecule has 2 rings (SSSR count). The molecule has 0 saturated heterocycles. The largest absolute Gasteiger partial charge is 0.352 e. The number of hydrogen-bond donors (Lipinski definition) is 2. The molecule has 1 aromatic carbocycles. The quantitative estimate of drug-likeness (QED) is 0.863. The van der Waals surface area contributed by atoms with Crippen LogP contribution in [-0.2, 0) is 6.42 Å². The van der Waals surface area contributed by atoms with Crippen molar-refractivity contribution >= 4 is 5.91 Å². The standard InChI is InChI=1S/C14H17N3O/c1-10-3-5-12(6-4-10)14(18)15-8-7-13-9-16-11(2)17-13/h3-6,9H,7-8H2,1-2H3,(H,15,18)(H,16,17). The molecular weight excluding hydrogens is 226 g/mol. The first-order chi connectivity index (χ1) is 8.65. The van der Waals surface area contributed by atoms with Crippen molar-refractivity contribution in [3.8, 4) is 0 Å². The van der Waals surface area contributed by atoms with E-state index in [0.29, 0.717) is 12.1 Å². The smallest absolute Gasteiger partial charge is 0.251 e.